The first-order chi connectivity index (χ1) is 7.18. The third-order valence-electron chi connectivity index (χ3n) is 3.72. The molecule has 1 N–H and O–H groups in total. The number of hydrazone groups is 1. The maximum Gasteiger partial charge on any atom is 0.140 e. The molecule has 80 valence electrons. The van der Waals surface area contributed by atoms with Gasteiger partial charge in [0.05, 0.1) is 0 Å². The maximum absolute atomic E-state index is 5.98. The van der Waals surface area contributed by atoms with Crippen molar-refractivity contribution in [2.24, 2.45) is 16.9 Å². The number of nitrogens with zero attached hydrogens (tertiary/aromatic N) is 1. The first-order valence-electron chi connectivity index (χ1n) is 5.97. The topological polar surface area (TPSA) is 24.4 Å². The third-order valence-corrected chi connectivity index (χ3v) is 3.72. The van der Waals surface area contributed by atoms with E-state index in [-0.39, 0.29) is 0 Å². The van der Waals surface area contributed by atoms with Gasteiger partial charge in [0, 0.05) is 11.6 Å². The average molecular weight is 202 g/mol. The van der Waals surface area contributed by atoms with E-state index in [1.165, 1.54) is 37.0 Å². The molecule has 1 aliphatic carbocycles. The molecule has 0 aromatic heterocycles. The Hall–Kier alpha value is -0.725. The number of nitrogens with one attached hydrogen (secondary N) is 1. The molecule has 2 nitrogen and oxygen atoms in total. The van der Waals surface area contributed by atoms with Crippen LogP contribution in [0.4, 0.5) is 0 Å². The summed E-state index contributed by atoms with van der Waals surface area (Å²) in [5.74, 6) is 1.35. The molecule has 0 spiro atoms. The van der Waals surface area contributed by atoms with Gasteiger partial charge in [0.15, 0.2) is 0 Å². The smallest absolute Gasteiger partial charge is 0.140 e. The molecular formula is C12H19BN2. The monoisotopic (exact) mass is 202 g/mol. The third kappa shape index (κ3) is 2.27. The molecule has 0 saturated heterocycles. The Bertz CT molecular complexity index is 307. The second kappa shape index (κ2) is 4.42. The summed E-state index contributed by atoms with van der Waals surface area (Å²) in [6.07, 6.45) is 6.27. The highest BCUT2D eigenvalue weighted by Gasteiger charge is 2.24. The summed E-state index contributed by atoms with van der Waals surface area (Å²) >= 11 is 0. The van der Waals surface area contributed by atoms with E-state index in [4.69, 9.17) is 7.85 Å². The van der Waals surface area contributed by atoms with Crippen LogP contribution in [0.3, 0.4) is 0 Å². The van der Waals surface area contributed by atoms with E-state index >= 15 is 0 Å². The highest BCUT2D eigenvalue weighted by Crippen LogP contribution is 2.33. The lowest BCUT2D eigenvalue weighted by Gasteiger charge is -2.30. The van der Waals surface area contributed by atoms with Crippen LogP contribution in [-0.2, 0) is 0 Å². The van der Waals surface area contributed by atoms with Crippen molar-refractivity contribution in [1.82, 2.24) is 5.43 Å². The van der Waals surface area contributed by atoms with Crippen molar-refractivity contribution >= 4 is 13.6 Å². The molecule has 15 heavy (non-hydrogen) atoms. The molecular weight excluding hydrogens is 183 g/mol. The van der Waals surface area contributed by atoms with Gasteiger partial charge in [-0.25, -0.2) is 0 Å². The number of rotatable bonds is 0. The predicted molar refractivity (Wildman–Crippen MR) is 64.8 cm³/mol. The van der Waals surface area contributed by atoms with Crippen LogP contribution in [0.15, 0.2) is 16.3 Å². The van der Waals surface area contributed by atoms with Crippen LogP contribution in [0, 0.1) is 11.8 Å². The van der Waals surface area contributed by atoms with Crippen molar-refractivity contribution in [1.29, 1.82) is 0 Å². The summed E-state index contributed by atoms with van der Waals surface area (Å²) in [6.45, 7) is 4.45. The lowest BCUT2D eigenvalue weighted by atomic mass is 9.77. The van der Waals surface area contributed by atoms with Crippen LogP contribution >= 0.6 is 0 Å². The van der Waals surface area contributed by atoms with Crippen molar-refractivity contribution in [3.63, 3.8) is 0 Å². The van der Waals surface area contributed by atoms with Gasteiger partial charge >= 0.3 is 0 Å². The fourth-order valence-corrected chi connectivity index (χ4v) is 2.65. The Morgan fingerprint density at radius 2 is 2.13 bits per heavy atom. The minimum Gasteiger partial charge on any atom is -0.293 e. The van der Waals surface area contributed by atoms with Gasteiger partial charge in [-0.1, -0.05) is 25.3 Å². The minimum atomic E-state index is 0.513. The Morgan fingerprint density at radius 3 is 2.93 bits per heavy atom. The molecule has 0 aromatic rings. The summed E-state index contributed by atoms with van der Waals surface area (Å²) in [7, 11) is 5.98. The standard InChI is InChI=1S/C12H19BN2/c1-8-4-3-5-10-9(2)14-15-12(13)11(10)7-6-8/h8,10,15H,3-7H2,1-2H3. The fraction of sp³-hybridized carbons (Fsp3) is 0.750. The van der Waals surface area contributed by atoms with Crippen LogP contribution in [-0.4, -0.2) is 13.6 Å². The van der Waals surface area contributed by atoms with Gasteiger partial charge in [0.2, 0.25) is 0 Å². The highest BCUT2D eigenvalue weighted by molar-refractivity contribution is 6.22. The highest BCUT2D eigenvalue weighted by atomic mass is 15.3. The van der Waals surface area contributed by atoms with Gasteiger partial charge in [0.1, 0.15) is 7.85 Å². The summed E-state index contributed by atoms with van der Waals surface area (Å²) in [6, 6.07) is 0. The molecule has 1 saturated carbocycles. The lowest BCUT2D eigenvalue weighted by Crippen LogP contribution is -2.28. The average Bonchev–Trinajstić information content (AvgIpc) is 2.18. The largest absolute Gasteiger partial charge is 0.293 e. The van der Waals surface area contributed by atoms with Gasteiger partial charge in [-0.05, 0) is 37.7 Å². The zero-order chi connectivity index (χ0) is 10.8. The van der Waals surface area contributed by atoms with E-state index in [0.717, 1.165) is 17.9 Å². The van der Waals surface area contributed by atoms with E-state index in [2.05, 4.69) is 24.4 Å². The molecule has 2 radical (unpaired) electrons. The van der Waals surface area contributed by atoms with Gasteiger partial charge in [-0.2, -0.15) is 5.10 Å². The Morgan fingerprint density at radius 1 is 1.33 bits per heavy atom. The molecule has 2 aliphatic rings. The van der Waals surface area contributed by atoms with Crippen molar-refractivity contribution in [2.75, 3.05) is 0 Å². The Balaban J connectivity index is 2.18. The molecule has 0 bridgehead atoms. The van der Waals surface area contributed by atoms with E-state index in [1.54, 1.807) is 0 Å². The van der Waals surface area contributed by atoms with Crippen LogP contribution < -0.4 is 5.43 Å². The number of fused-ring (bicyclic) bond motifs is 1. The van der Waals surface area contributed by atoms with E-state index in [1.807, 2.05) is 0 Å². The molecule has 0 amide bonds. The second-order valence-corrected chi connectivity index (χ2v) is 4.93. The summed E-state index contributed by atoms with van der Waals surface area (Å²) in [5, 5.41) is 4.27. The van der Waals surface area contributed by atoms with Crippen molar-refractivity contribution in [2.45, 2.75) is 46.0 Å². The number of hydrogen-bond acceptors (Lipinski definition) is 2. The van der Waals surface area contributed by atoms with E-state index in [0.29, 0.717) is 5.92 Å². The first-order valence-corrected chi connectivity index (χ1v) is 5.97. The Kier molecular flexibility index (Phi) is 3.18. The molecule has 2 atom stereocenters. The molecule has 3 heteroatoms. The Labute approximate surface area is 93.6 Å². The number of allylic oxidation sites excluding steroid dienone is 1. The summed E-state index contributed by atoms with van der Waals surface area (Å²) < 4.78 is 0. The SMILES string of the molecule is [B]C1=C2CCC(C)CCCC2C(C)=NN1. The summed E-state index contributed by atoms with van der Waals surface area (Å²) in [5.41, 5.74) is 6.34. The molecule has 2 rings (SSSR count). The molecule has 1 fully saturated rings. The molecule has 1 heterocycles. The van der Waals surface area contributed by atoms with Gasteiger partial charge in [-0.3, -0.25) is 5.43 Å². The predicted octanol–water partition coefficient (Wildman–Crippen LogP) is 2.56. The van der Waals surface area contributed by atoms with Crippen molar-refractivity contribution in [3.8, 4) is 0 Å². The molecule has 2 unspecified atom stereocenters. The van der Waals surface area contributed by atoms with Crippen LogP contribution in [0.5, 0.6) is 0 Å². The van der Waals surface area contributed by atoms with Crippen molar-refractivity contribution in [3.05, 3.63) is 11.2 Å². The van der Waals surface area contributed by atoms with E-state index in [9.17, 15) is 0 Å². The van der Waals surface area contributed by atoms with Crippen LogP contribution in [0.1, 0.15) is 46.0 Å². The number of hydrogen-bond donors (Lipinski definition) is 1. The van der Waals surface area contributed by atoms with Gasteiger partial charge in [-0.15, -0.1) is 0 Å². The quantitative estimate of drug-likeness (QED) is 0.600. The van der Waals surface area contributed by atoms with Gasteiger partial charge in [0.25, 0.3) is 0 Å². The lowest BCUT2D eigenvalue weighted by molar-refractivity contribution is 0.417. The normalized spacial score (nSPS) is 32.3. The first kappa shape index (κ1) is 10.8. The second-order valence-electron chi connectivity index (χ2n) is 4.93. The van der Waals surface area contributed by atoms with E-state index < -0.39 is 0 Å². The fourth-order valence-electron chi connectivity index (χ4n) is 2.65. The zero-order valence-electron chi connectivity index (χ0n) is 9.71. The van der Waals surface area contributed by atoms with Crippen molar-refractivity contribution < 1.29 is 0 Å². The van der Waals surface area contributed by atoms with Crippen LogP contribution in [0.25, 0.3) is 0 Å². The molecule has 0 aromatic carbocycles. The molecule has 1 aliphatic heterocycles. The zero-order valence-corrected chi connectivity index (χ0v) is 9.71. The maximum atomic E-state index is 5.98. The summed E-state index contributed by atoms with van der Waals surface area (Å²) in [4.78, 5) is 0. The minimum absolute atomic E-state index is 0.513. The van der Waals surface area contributed by atoms with Gasteiger partial charge < -0.3 is 0 Å². The van der Waals surface area contributed by atoms with Crippen LogP contribution in [0.2, 0.25) is 0 Å².